The van der Waals surface area contributed by atoms with Crippen LogP contribution in [0.25, 0.3) is 0 Å². The van der Waals surface area contributed by atoms with Crippen LogP contribution in [0.3, 0.4) is 0 Å². The average Bonchev–Trinajstić information content (AvgIpc) is 2.43. The number of benzene rings is 2. The van der Waals surface area contributed by atoms with Crippen molar-refractivity contribution in [2.75, 3.05) is 5.33 Å². The van der Waals surface area contributed by atoms with Crippen molar-refractivity contribution in [3.63, 3.8) is 0 Å². The molecule has 0 aliphatic heterocycles. The van der Waals surface area contributed by atoms with E-state index in [1.165, 1.54) is 5.56 Å². The van der Waals surface area contributed by atoms with Crippen molar-refractivity contribution in [2.45, 2.75) is 12.8 Å². The van der Waals surface area contributed by atoms with Crippen LogP contribution in [0.5, 0.6) is 0 Å². The fourth-order valence-corrected chi connectivity index (χ4v) is 3.31. The third kappa shape index (κ3) is 4.39. The lowest BCUT2D eigenvalue weighted by atomic mass is 9.94. The number of hydrogen-bond donors (Lipinski definition) is 0. The molecule has 0 heterocycles. The van der Waals surface area contributed by atoms with E-state index in [4.69, 9.17) is 34.8 Å². The van der Waals surface area contributed by atoms with Crippen LogP contribution in [0.15, 0.2) is 42.5 Å². The summed E-state index contributed by atoms with van der Waals surface area (Å²) in [6.45, 7) is 0. The first-order valence-corrected chi connectivity index (χ1v) is 8.59. The Morgan fingerprint density at radius 2 is 1.50 bits per heavy atom. The molecular formula is C16H14BrCl3. The quantitative estimate of drug-likeness (QED) is 0.513. The zero-order valence-corrected chi connectivity index (χ0v) is 14.6. The van der Waals surface area contributed by atoms with Crippen molar-refractivity contribution in [1.29, 1.82) is 0 Å². The van der Waals surface area contributed by atoms with E-state index >= 15 is 0 Å². The molecule has 0 aliphatic rings. The van der Waals surface area contributed by atoms with Crippen molar-refractivity contribution in [2.24, 2.45) is 5.92 Å². The van der Waals surface area contributed by atoms with Gasteiger partial charge in [-0.1, -0.05) is 75.0 Å². The Balaban J connectivity index is 2.11. The van der Waals surface area contributed by atoms with Gasteiger partial charge >= 0.3 is 0 Å². The molecule has 1 atom stereocenters. The van der Waals surface area contributed by atoms with Gasteiger partial charge in [0.2, 0.25) is 0 Å². The summed E-state index contributed by atoms with van der Waals surface area (Å²) in [5.74, 6) is 0.438. The Hall–Kier alpha value is -0.210. The van der Waals surface area contributed by atoms with Crippen LogP contribution in [0.2, 0.25) is 15.1 Å². The molecule has 106 valence electrons. The Morgan fingerprint density at radius 1 is 0.850 bits per heavy atom. The SMILES string of the molecule is Clc1ccc(CC(CBr)Cc2ccccc2Cl)c(Cl)c1. The summed E-state index contributed by atoms with van der Waals surface area (Å²) in [5.41, 5.74) is 2.29. The average molecular weight is 393 g/mol. The maximum absolute atomic E-state index is 6.24. The lowest BCUT2D eigenvalue weighted by Gasteiger charge is -2.16. The predicted octanol–water partition coefficient (Wildman–Crippen LogP) is 6.44. The summed E-state index contributed by atoms with van der Waals surface area (Å²) < 4.78 is 0. The van der Waals surface area contributed by atoms with E-state index in [0.29, 0.717) is 10.9 Å². The fourth-order valence-electron chi connectivity index (χ4n) is 2.15. The summed E-state index contributed by atoms with van der Waals surface area (Å²) in [7, 11) is 0. The minimum Gasteiger partial charge on any atom is -0.0925 e. The third-order valence-corrected chi connectivity index (χ3v) is 5.08. The van der Waals surface area contributed by atoms with E-state index in [2.05, 4.69) is 22.0 Å². The number of rotatable bonds is 5. The Kier molecular flexibility index (Phi) is 6.22. The molecule has 2 rings (SSSR count). The van der Waals surface area contributed by atoms with E-state index in [0.717, 1.165) is 33.8 Å². The van der Waals surface area contributed by atoms with Crippen LogP contribution in [0.1, 0.15) is 11.1 Å². The molecule has 0 bridgehead atoms. The molecule has 0 saturated carbocycles. The van der Waals surface area contributed by atoms with Gasteiger partial charge in [0.1, 0.15) is 0 Å². The van der Waals surface area contributed by atoms with Gasteiger partial charge in [0.15, 0.2) is 0 Å². The summed E-state index contributed by atoms with van der Waals surface area (Å²) in [6.07, 6.45) is 1.82. The zero-order valence-electron chi connectivity index (χ0n) is 10.8. The highest BCUT2D eigenvalue weighted by atomic mass is 79.9. The molecule has 0 fully saturated rings. The molecule has 20 heavy (non-hydrogen) atoms. The number of alkyl halides is 1. The van der Waals surface area contributed by atoms with Crippen LogP contribution >= 0.6 is 50.7 Å². The molecular weight excluding hydrogens is 378 g/mol. The largest absolute Gasteiger partial charge is 0.0925 e. The molecule has 0 spiro atoms. The van der Waals surface area contributed by atoms with Gasteiger partial charge in [0.25, 0.3) is 0 Å². The highest BCUT2D eigenvalue weighted by molar-refractivity contribution is 9.09. The van der Waals surface area contributed by atoms with Crippen molar-refractivity contribution >= 4 is 50.7 Å². The van der Waals surface area contributed by atoms with Gasteiger partial charge < -0.3 is 0 Å². The molecule has 2 aromatic rings. The minimum absolute atomic E-state index is 0.438. The molecule has 0 aliphatic carbocycles. The van der Waals surface area contributed by atoms with Crippen LogP contribution in [-0.2, 0) is 12.8 Å². The smallest absolute Gasteiger partial charge is 0.0452 e. The van der Waals surface area contributed by atoms with E-state index < -0.39 is 0 Å². The standard InChI is InChI=1S/C16H14BrCl3/c17-10-11(7-12-3-1-2-4-15(12)19)8-13-5-6-14(18)9-16(13)20/h1-6,9,11H,7-8,10H2. The zero-order chi connectivity index (χ0) is 14.5. The monoisotopic (exact) mass is 390 g/mol. The van der Waals surface area contributed by atoms with E-state index in [1.54, 1.807) is 6.07 Å². The summed E-state index contributed by atoms with van der Waals surface area (Å²) in [6, 6.07) is 13.6. The highest BCUT2D eigenvalue weighted by Crippen LogP contribution is 2.27. The predicted molar refractivity (Wildman–Crippen MR) is 92.6 cm³/mol. The second-order valence-corrected chi connectivity index (χ2v) is 6.65. The molecule has 0 nitrogen and oxygen atoms in total. The first-order chi connectivity index (χ1) is 9.60. The van der Waals surface area contributed by atoms with E-state index in [-0.39, 0.29) is 0 Å². The molecule has 0 aromatic heterocycles. The molecule has 2 aromatic carbocycles. The van der Waals surface area contributed by atoms with Crippen molar-refractivity contribution < 1.29 is 0 Å². The van der Waals surface area contributed by atoms with Crippen LogP contribution < -0.4 is 0 Å². The molecule has 0 N–H and O–H groups in total. The Bertz CT molecular complexity index is 584. The molecule has 4 heteroatoms. The van der Waals surface area contributed by atoms with Crippen molar-refractivity contribution in [3.05, 3.63) is 68.7 Å². The maximum atomic E-state index is 6.24. The van der Waals surface area contributed by atoms with Crippen LogP contribution in [-0.4, -0.2) is 5.33 Å². The normalized spacial score (nSPS) is 12.4. The van der Waals surface area contributed by atoms with Gasteiger partial charge in [0, 0.05) is 20.4 Å². The van der Waals surface area contributed by atoms with Gasteiger partial charge in [-0.2, -0.15) is 0 Å². The topological polar surface area (TPSA) is 0 Å². The minimum atomic E-state index is 0.438. The number of hydrogen-bond acceptors (Lipinski definition) is 0. The first-order valence-electron chi connectivity index (χ1n) is 6.33. The molecule has 0 saturated heterocycles. The van der Waals surface area contributed by atoms with E-state index in [9.17, 15) is 0 Å². The van der Waals surface area contributed by atoms with Crippen molar-refractivity contribution in [1.82, 2.24) is 0 Å². The van der Waals surface area contributed by atoms with Gasteiger partial charge in [-0.05, 0) is 48.1 Å². The van der Waals surface area contributed by atoms with Gasteiger partial charge in [-0.25, -0.2) is 0 Å². The molecule has 0 amide bonds. The van der Waals surface area contributed by atoms with Gasteiger partial charge in [-0.3, -0.25) is 0 Å². The number of halogens is 4. The van der Waals surface area contributed by atoms with E-state index in [1.807, 2.05) is 30.3 Å². The molecule has 0 radical (unpaired) electrons. The lowest BCUT2D eigenvalue weighted by Crippen LogP contribution is -2.10. The second kappa shape index (κ2) is 7.70. The summed E-state index contributed by atoms with van der Waals surface area (Å²) >= 11 is 22.0. The maximum Gasteiger partial charge on any atom is 0.0452 e. The van der Waals surface area contributed by atoms with Crippen LogP contribution in [0, 0.1) is 5.92 Å². The lowest BCUT2D eigenvalue weighted by molar-refractivity contribution is 0.591. The second-order valence-electron chi connectivity index (χ2n) is 4.76. The van der Waals surface area contributed by atoms with Gasteiger partial charge in [-0.15, -0.1) is 0 Å². The Morgan fingerprint density at radius 3 is 2.10 bits per heavy atom. The fraction of sp³-hybridized carbons (Fsp3) is 0.250. The van der Waals surface area contributed by atoms with Crippen molar-refractivity contribution in [3.8, 4) is 0 Å². The first kappa shape index (κ1) is 16.2. The van der Waals surface area contributed by atoms with Gasteiger partial charge in [0.05, 0.1) is 0 Å². The highest BCUT2D eigenvalue weighted by Gasteiger charge is 2.13. The summed E-state index contributed by atoms with van der Waals surface area (Å²) in [5, 5.41) is 3.11. The van der Waals surface area contributed by atoms with Crippen LogP contribution in [0.4, 0.5) is 0 Å². The molecule has 1 unspecified atom stereocenters. The summed E-state index contributed by atoms with van der Waals surface area (Å²) in [4.78, 5) is 0. The third-order valence-electron chi connectivity index (χ3n) is 3.21. The Labute approximate surface area is 143 Å².